The summed E-state index contributed by atoms with van der Waals surface area (Å²) in [6.45, 7) is 24.9. The molecule has 4 aliphatic rings. The monoisotopic (exact) mass is 1250 g/mol. The normalized spacial score (nSPS) is 19.6. The van der Waals surface area contributed by atoms with Crippen LogP contribution in [-0.2, 0) is 53.0 Å². The number of ether oxygens (including phenoxy) is 3. The molecule has 3 saturated heterocycles. The number of piperazine rings is 1. The Labute approximate surface area is 530 Å². The summed E-state index contributed by atoms with van der Waals surface area (Å²) in [7, 11) is 0. The zero-order valence-electron chi connectivity index (χ0n) is 53.8. The molecule has 5 heterocycles. The van der Waals surface area contributed by atoms with Crippen molar-refractivity contribution in [2.45, 2.75) is 157 Å². The van der Waals surface area contributed by atoms with Gasteiger partial charge in [-0.05, 0) is 143 Å². The molecule has 4 aromatic rings. The van der Waals surface area contributed by atoms with E-state index in [4.69, 9.17) is 14.2 Å². The fourth-order valence-corrected chi connectivity index (χ4v) is 13.4. The lowest BCUT2D eigenvalue weighted by Gasteiger charge is -2.40. The van der Waals surface area contributed by atoms with Crippen molar-refractivity contribution in [2.75, 3.05) is 92.0 Å². The molecule has 8 rings (SSSR count). The molecule has 486 valence electrons. The summed E-state index contributed by atoms with van der Waals surface area (Å²) in [5.41, 5.74) is 11.8. The van der Waals surface area contributed by atoms with E-state index in [-0.39, 0.29) is 67.8 Å². The van der Waals surface area contributed by atoms with Gasteiger partial charge in [0.25, 0.3) is 5.56 Å². The van der Waals surface area contributed by atoms with E-state index in [2.05, 4.69) is 90.1 Å². The van der Waals surface area contributed by atoms with Crippen molar-refractivity contribution in [3.8, 4) is 10.4 Å². The first-order chi connectivity index (χ1) is 42.8. The van der Waals surface area contributed by atoms with E-state index in [1.807, 2.05) is 77.4 Å². The molecule has 0 saturated carbocycles. The first-order valence-electron chi connectivity index (χ1n) is 32.1. The largest absolute Gasteiger partial charge is 0.392 e. The molecule has 0 bridgehead atoms. The SMILES string of the molecule is CCN(C1=C(C)C(C(=O)NCc2c(C)cc(C)[nH]c2=O)CC(c2ccc(CN3CCN(CC(=O)NCCCCCOCCCOCC(=O)N[C@H](C(O)N4C[C@H](O)C[C@H]4C(=O)NCc4ccc(-c5scnc5C)cc4)C(C)(C)C)CC3)cc2)=C1)C1CCOCC1. The Kier molecular flexibility index (Phi) is 25.7. The number of amides is 4. The number of hydrogen-bond donors (Lipinski definition) is 7. The second-order valence-electron chi connectivity index (χ2n) is 25.6. The Morgan fingerprint density at radius 2 is 1.51 bits per heavy atom. The summed E-state index contributed by atoms with van der Waals surface area (Å²) < 4.78 is 17.2. The number of H-pyrrole nitrogens is 1. The van der Waals surface area contributed by atoms with Gasteiger partial charge in [0, 0.05) is 121 Å². The number of aromatic amines is 1. The van der Waals surface area contributed by atoms with Crippen molar-refractivity contribution >= 4 is 40.5 Å². The number of thiazole rings is 1. The van der Waals surface area contributed by atoms with E-state index in [1.54, 1.807) is 16.2 Å². The molecule has 0 spiro atoms. The number of likely N-dealkylation sites (N-methyl/N-ethyl adjacent to an activating group) is 1. The van der Waals surface area contributed by atoms with Gasteiger partial charge in [0.2, 0.25) is 23.6 Å². The van der Waals surface area contributed by atoms with E-state index in [0.29, 0.717) is 57.4 Å². The number of nitrogens with zero attached hydrogens (tertiary/aromatic N) is 5. The number of carbonyl (C=O) groups excluding carboxylic acids is 4. The van der Waals surface area contributed by atoms with Crippen molar-refractivity contribution in [1.82, 2.24) is 50.8 Å². The highest BCUT2D eigenvalue weighted by molar-refractivity contribution is 7.13. The molecular weight excluding hydrogens is 1150 g/mol. The van der Waals surface area contributed by atoms with Crippen LogP contribution in [0.2, 0.25) is 0 Å². The lowest BCUT2D eigenvalue weighted by molar-refractivity contribution is -0.136. The number of aliphatic hydroxyl groups excluding tert-OH is 2. The molecule has 0 radical (unpaired) electrons. The zero-order chi connectivity index (χ0) is 63.6. The number of allylic oxidation sites excluding steroid dienone is 2. The van der Waals surface area contributed by atoms with Crippen molar-refractivity contribution in [3.63, 3.8) is 0 Å². The molecular formula is C68H98N10O10S. The minimum Gasteiger partial charge on any atom is -0.392 e. The summed E-state index contributed by atoms with van der Waals surface area (Å²) >= 11 is 1.58. The number of aryl methyl sites for hydroxylation is 3. The van der Waals surface area contributed by atoms with Crippen LogP contribution in [0.1, 0.15) is 125 Å². The summed E-state index contributed by atoms with van der Waals surface area (Å²) in [6.07, 6.45) is 6.10. The van der Waals surface area contributed by atoms with Crippen LogP contribution in [0.4, 0.5) is 0 Å². The average molecular weight is 1250 g/mol. The molecule has 2 unspecified atom stereocenters. The molecule has 21 heteroatoms. The predicted molar refractivity (Wildman–Crippen MR) is 347 cm³/mol. The number of hydrogen-bond acceptors (Lipinski definition) is 16. The van der Waals surface area contributed by atoms with Crippen molar-refractivity contribution < 1.29 is 43.6 Å². The molecule has 2 aromatic carbocycles. The summed E-state index contributed by atoms with van der Waals surface area (Å²) in [5.74, 6) is -1.11. The molecule has 20 nitrogen and oxygen atoms in total. The van der Waals surface area contributed by atoms with Crippen LogP contribution < -0.4 is 26.8 Å². The van der Waals surface area contributed by atoms with Crippen LogP contribution in [0.15, 0.2) is 82.2 Å². The summed E-state index contributed by atoms with van der Waals surface area (Å²) in [4.78, 5) is 83.5. The van der Waals surface area contributed by atoms with Gasteiger partial charge in [-0.15, -0.1) is 11.3 Å². The van der Waals surface area contributed by atoms with Crippen LogP contribution in [-0.4, -0.2) is 186 Å². The van der Waals surface area contributed by atoms with Crippen LogP contribution in [0.3, 0.4) is 0 Å². The number of β-amino-alcohol motifs (C(OH)–C–C–N with tert-alkyl or cyclic N) is 1. The number of likely N-dealkylation sites (tertiary alicyclic amines) is 1. The Morgan fingerprint density at radius 1 is 0.831 bits per heavy atom. The zero-order valence-corrected chi connectivity index (χ0v) is 54.6. The number of unbranched alkanes of at least 4 members (excludes halogenated alkanes) is 2. The third kappa shape index (κ3) is 19.7. The summed E-state index contributed by atoms with van der Waals surface area (Å²) in [6, 6.07) is 17.4. The van der Waals surface area contributed by atoms with Gasteiger partial charge in [-0.1, -0.05) is 69.3 Å². The van der Waals surface area contributed by atoms with Gasteiger partial charge in [-0.3, -0.25) is 38.7 Å². The lowest BCUT2D eigenvalue weighted by Crippen LogP contribution is -2.60. The van der Waals surface area contributed by atoms with Gasteiger partial charge in [-0.25, -0.2) is 4.98 Å². The maximum atomic E-state index is 14.1. The predicted octanol–water partition coefficient (Wildman–Crippen LogP) is 6.35. The molecule has 2 aromatic heterocycles. The maximum absolute atomic E-state index is 14.1. The van der Waals surface area contributed by atoms with Crippen LogP contribution in [0, 0.1) is 32.1 Å². The van der Waals surface area contributed by atoms with E-state index >= 15 is 0 Å². The Morgan fingerprint density at radius 3 is 2.19 bits per heavy atom. The highest BCUT2D eigenvalue weighted by Crippen LogP contribution is 2.38. The van der Waals surface area contributed by atoms with Crippen LogP contribution in [0.25, 0.3) is 16.0 Å². The number of benzene rings is 2. The maximum Gasteiger partial charge on any atom is 0.253 e. The number of aromatic nitrogens is 2. The third-order valence-electron chi connectivity index (χ3n) is 17.8. The molecule has 7 N–H and O–H groups in total. The third-order valence-corrected chi connectivity index (χ3v) is 18.8. The number of carbonyl (C=O) groups is 4. The Hall–Kier alpha value is -6.14. The van der Waals surface area contributed by atoms with Gasteiger partial charge in [0.15, 0.2) is 0 Å². The van der Waals surface area contributed by atoms with Gasteiger partial charge < -0.3 is 55.6 Å². The second-order valence-corrected chi connectivity index (χ2v) is 26.4. The molecule has 3 aliphatic heterocycles. The van der Waals surface area contributed by atoms with Gasteiger partial charge in [-0.2, -0.15) is 0 Å². The van der Waals surface area contributed by atoms with Crippen molar-refractivity contribution in [3.05, 3.63) is 127 Å². The van der Waals surface area contributed by atoms with E-state index in [9.17, 15) is 34.2 Å². The highest BCUT2D eigenvalue weighted by atomic mass is 32.1. The van der Waals surface area contributed by atoms with Crippen LogP contribution in [0.5, 0.6) is 0 Å². The highest BCUT2D eigenvalue weighted by Gasteiger charge is 2.45. The Bertz CT molecular complexity index is 3090. The standard InChI is InChI=1S/C68H98N10O10S/c1-9-77(54-22-32-87-33-23-54)58-36-53(35-56(47(58)4)64(82)71-39-57-45(2)34-46(3)73-65(57)83)51-18-16-50(17-19-51)40-75-25-27-76(28-26-75)42-60(80)69-24-11-10-12-29-86-30-13-31-88-43-61(81)74-63(68(6,7)8)67(85)78-41-55(79)37-59(78)66(84)70-38-49-14-20-52(21-15-49)62-48(5)72-44-89-62/h14-21,34,36,44,54-56,59,63,67,79,85H,9-13,22-33,35,37-43H2,1-8H3,(H,69,80)(H,70,84)(H,71,82)(H,73,83)(H,74,81)/t55-,56?,59+,63-,67?/m1/s1. The van der Waals surface area contributed by atoms with Gasteiger partial charge in [0.1, 0.15) is 12.8 Å². The quantitative estimate of drug-likeness (QED) is 0.0282. The lowest BCUT2D eigenvalue weighted by atomic mass is 9.82. The first-order valence-corrected chi connectivity index (χ1v) is 33.0. The first kappa shape index (κ1) is 68.8. The molecule has 5 atom stereocenters. The smallest absolute Gasteiger partial charge is 0.253 e. The van der Waals surface area contributed by atoms with Crippen LogP contribution >= 0.6 is 11.3 Å². The fraction of sp³-hybridized carbons (Fsp3) is 0.588. The van der Waals surface area contributed by atoms with Gasteiger partial charge in [0.05, 0.1) is 46.7 Å². The minimum absolute atomic E-state index is 0.0393. The molecule has 3 fully saturated rings. The van der Waals surface area contributed by atoms with Crippen molar-refractivity contribution in [1.29, 1.82) is 0 Å². The van der Waals surface area contributed by atoms with Gasteiger partial charge >= 0.3 is 0 Å². The summed E-state index contributed by atoms with van der Waals surface area (Å²) in [5, 5.41) is 34.5. The number of aliphatic hydroxyl groups is 2. The molecule has 89 heavy (non-hydrogen) atoms. The van der Waals surface area contributed by atoms with E-state index < -0.39 is 29.8 Å². The van der Waals surface area contributed by atoms with Crippen molar-refractivity contribution in [2.24, 2.45) is 11.3 Å². The Balaban J connectivity index is 0.674. The average Bonchev–Trinajstić information content (AvgIpc) is 3.10. The molecule has 1 aliphatic carbocycles. The topological polar surface area (TPSA) is 243 Å². The number of nitrogens with one attached hydrogen (secondary N) is 5. The van der Waals surface area contributed by atoms with E-state index in [0.717, 1.165) is 140 Å². The fourth-order valence-electron chi connectivity index (χ4n) is 12.6. The second kappa shape index (κ2) is 33.3. The number of rotatable bonds is 30. The van der Waals surface area contributed by atoms with E-state index in [1.165, 1.54) is 5.56 Å². The minimum atomic E-state index is -1.24. The number of pyridine rings is 1. The molecule has 4 amide bonds.